The lowest BCUT2D eigenvalue weighted by atomic mass is 10.2. The van der Waals surface area contributed by atoms with E-state index in [1.165, 1.54) is 30.2 Å². The summed E-state index contributed by atoms with van der Waals surface area (Å²) in [6.07, 6.45) is 6.23. The third-order valence-electron chi connectivity index (χ3n) is 3.13. The summed E-state index contributed by atoms with van der Waals surface area (Å²) in [5.74, 6) is 0. The van der Waals surface area contributed by atoms with Crippen LogP contribution >= 0.6 is 23.4 Å². The number of hydrogen-bond donors (Lipinski definition) is 1. The van der Waals surface area contributed by atoms with Crippen molar-refractivity contribution in [1.82, 2.24) is 15.3 Å². The SMILES string of the molecule is Cc1cnc(Sc2ccc(CNC3CC3)cc2Cl)nc1. The molecule has 1 heterocycles. The third-order valence-corrected chi connectivity index (χ3v) is 4.52. The minimum atomic E-state index is 0.712. The summed E-state index contributed by atoms with van der Waals surface area (Å²) in [5, 5.41) is 4.97. The van der Waals surface area contributed by atoms with E-state index in [0.717, 1.165) is 27.2 Å². The zero-order valence-corrected chi connectivity index (χ0v) is 12.8. The average molecular weight is 306 g/mol. The Morgan fingerprint density at radius 2 is 2.05 bits per heavy atom. The molecular weight excluding hydrogens is 290 g/mol. The van der Waals surface area contributed by atoms with Gasteiger partial charge in [0, 0.05) is 29.9 Å². The van der Waals surface area contributed by atoms with Crippen LogP contribution in [-0.2, 0) is 6.54 Å². The zero-order chi connectivity index (χ0) is 13.9. The Labute approximate surface area is 128 Å². The third kappa shape index (κ3) is 3.72. The monoisotopic (exact) mass is 305 g/mol. The first-order valence-corrected chi connectivity index (χ1v) is 7.88. The van der Waals surface area contributed by atoms with Gasteiger partial charge in [-0.25, -0.2) is 9.97 Å². The Morgan fingerprint density at radius 3 is 2.70 bits per heavy atom. The molecule has 0 radical (unpaired) electrons. The molecule has 0 unspecified atom stereocenters. The van der Waals surface area contributed by atoms with E-state index in [0.29, 0.717) is 6.04 Å². The van der Waals surface area contributed by atoms with Crippen LogP contribution in [0.2, 0.25) is 5.02 Å². The van der Waals surface area contributed by atoms with E-state index >= 15 is 0 Å². The van der Waals surface area contributed by atoms with Crippen molar-refractivity contribution in [1.29, 1.82) is 0 Å². The highest BCUT2D eigenvalue weighted by atomic mass is 35.5. The minimum absolute atomic E-state index is 0.712. The molecule has 1 fully saturated rings. The molecule has 1 aromatic carbocycles. The van der Waals surface area contributed by atoms with Crippen molar-refractivity contribution in [2.45, 2.75) is 42.4 Å². The number of hydrogen-bond acceptors (Lipinski definition) is 4. The molecule has 0 atom stereocenters. The van der Waals surface area contributed by atoms with Gasteiger partial charge in [-0.1, -0.05) is 17.7 Å². The molecule has 1 aromatic heterocycles. The Balaban J connectivity index is 1.68. The molecule has 2 aromatic rings. The average Bonchev–Trinajstić information content (AvgIpc) is 3.26. The lowest BCUT2D eigenvalue weighted by molar-refractivity contribution is 0.687. The van der Waals surface area contributed by atoms with E-state index in [1.54, 1.807) is 0 Å². The van der Waals surface area contributed by atoms with E-state index in [-0.39, 0.29) is 0 Å². The van der Waals surface area contributed by atoms with Crippen LogP contribution in [0, 0.1) is 6.92 Å². The molecule has 3 nitrogen and oxygen atoms in total. The van der Waals surface area contributed by atoms with E-state index in [2.05, 4.69) is 21.4 Å². The molecule has 104 valence electrons. The van der Waals surface area contributed by atoms with Crippen molar-refractivity contribution >= 4 is 23.4 Å². The summed E-state index contributed by atoms with van der Waals surface area (Å²) in [6.45, 7) is 2.86. The summed E-state index contributed by atoms with van der Waals surface area (Å²) in [7, 11) is 0. The van der Waals surface area contributed by atoms with Gasteiger partial charge in [0.15, 0.2) is 5.16 Å². The van der Waals surface area contributed by atoms with Crippen LogP contribution in [0.4, 0.5) is 0 Å². The van der Waals surface area contributed by atoms with Crippen LogP contribution in [0.25, 0.3) is 0 Å². The zero-order valence-electron chi connectivity index (χ0n) is 11.3. The lowest BCUT2D eigenvalue weighted by Gasteiger charge is -2.07. The lowest BCUT2D eigenvalue weighted by Crippen LogP contribution is -2.15. The van der Waals surface area contributed by atoms with E-state index < -0.39 is 0 Å². The second kappa shape index (κ2) is 6.12. The van der Waals surface area contributed by atoms with Gasteiger partial charge in [0.2, 0.25) is 0 Å². The first-order valence-electron chi connectivity index (χ1n) is 6.69. The topological polar surface area (TPSA) is 37.8 Å². The van der Waals surface area contributed by atoms with E-state index in [4.69, 9.17) is 11.6 Å². The fourth-order valence-corrected chi connectivity index (χ4v) is 2.84. The van der Waals surface area contributed by atoms with Crippen molar-refractivity contribution in [3.63, 3.8) is 0 Å². The Bertz CT molecular complexity index is 597. The molecule has 0 spiro atoms. The Hall–Kier alpha value is -1.10. The molecular formula is C15H16ClN3S. The largest absolute Gasteiger partial charge is 0.310 e. The van der Waals surface area contributed by atoms with Gasteiger partial charge in [-0.15, -0.1) is 0 Å². The predicted molar refractivity (Wildman–Crippen MR) is 82.2 cm³/mol. The number of aryl methyl sites for hydroxylation is 1. The van der Waals surface area contributed by atoms with Crippen LogP contribution < -0.4 is 5.32 Å². The minimum Gasteiger partial charge on any atom is -0.310 e. The standard InChI is InChI=1S/C15H16ClN3S/c1-10-7-18-15(19-8-10)20-14-5-2-11(6-13(14)16)9-17-12-3-4-12/h2,5-8,12,17H,3-4,9H2,1H3. The predicted octanol–water partition coefficient (Wildman–Crippen LogP) is 3.84. The maximum atomic E-state index is 6.34. The number of nitrogens with zero attached hydrogens (tertiary/aromatic N) is 2. The van der Waals surface area contributed by atoms with Crippen LogP contribution in [0.3, 0.4) is 0 Å². The Kier molecular flexibility index (Phi) is 4.24. The molecule has 0 amide bonds. The summed E-state index contributed by atoms with van der Waals surface area (Å²) in [6, 6.07) is 6.88. The van der Waals surface area contributed by atoms with Crippen LogP contribution in [0.1, 0.15) is 24.0 Å². The van der Waals surface area contributed by atoms with Gasteiger partial charge >= 0.3 is 0 Å². The summed E-state index contributed by atoms with van der Waals surface area (Å²) in [5.41, 5.74) is 2.28. The van der Waals surface area contributed by atoms with Gasteiger partial charge in [-0.05, 0) is 54.8 Å². The second-order valence-electron chi connectivity index (χ2n) is 5.06. The first-order chi connectivity index (χ1) is 9.70. The van der Waals surface area contributed by atoms with E-state index in [1.807, 2.05) is 31.5 Å². The molecule has 1 N–H and O–H groups in total. The molecule has 1 aliphatic rings. The highest BCUT2D eigenvalue weighted by Gasteiger charge is 2.20. The quantitative estimate of drug-likeness (QED) is 0.852. The van der Waals surface area contributed by atoms with Crippen molar-refractivity contribution in [3.8, 4) is 0 Å². The van der Waals surface area contributed by atoms with Gasteiger partial charge in [-0.2, -0.15) is 0 Å². The van der Waals surface area contributed by atoms with E-state index in [9.17, 15) is 0 Å². The fraction of sp³-hybridized carbons (Fsp3) is 0.333. The molecule has 0 saturated heterocycles. The maximum absolute atomic E-state index is 6.34. The summed E-state index contributed by atoms with van der Waals surface area (Å²) in [4.78, 5) is 9.56. The van der Waals surface area contributed by atoms with Crippen LogP contribution in [-0.4, -0.2) is 16.0 Å². The van der Waals surface area contributed by atoms with Crippen molar-refractivity contribution in [3.05, 3.63) is 46.7 Å². The normalized spacial score (nSPS) is 14.5. The number of nitrogens with one attached hydrogen (secondary N) is 1. The summed E-state index contributed by atoms with van der Waals surface area (Å²) >= 11 is 7.83. The van der Waals surface area contributed by atoms with Crippen molar-refractivity contribution in [2.75, 3.05) is 0 Å². The molecule has 3 rings (SSSR count). The number of benzene rings is 1. The Morgan fingerprint density at radius 1 is 1.30 bits per heavy atom. The molecule has 0 aliphatic heterocycles. The first kappa shape index (κ1) is 13.9. The van der Waals surface area contributed by atoms with Crippen LogP contribution in [0.15, 0.2) is 40.6 Å². The van der Waals surface area contributed by atoms with Crippen LogP contribution in [0.5, 0.6) is 0 Å². The molecule has 1 aliphatic carbocycles. The van der Waals surface area contributed by atoms with Gasteiger partial charge < -0.3 is 5.32 Å². The van der Waals surface area contributed by atoms with Crippen molar-refractivity contribution < 1.29 is 0 Å². The van der Waals surface area contributed by atoms with Gasteiger partial charge in [0.05, 0.1) is 5.02 Å². The highest BCUT2D eigenvalue weighted by Crippen LogP contribution is 2.32. The van der Waals surface area contributed by atoms with Gasteiger partial charge in [0.1, 0.15) is 0 Å². The smallest absolute Gasteiger partial charge is 0.192 e. The highest BCUT2D eigenvalue weighted by molar-refractivity contribution is 7.99. The number of aromatic nitrogens is 2. The molecule has 20 heavy (non-hydrogen) atoms. The number of rotatable bonds is 5. The molecule has 5 heteroatoms. The summed E-state index contributed by atoms with van der Waals surface area (Å²) < 4.78 is 0. The molecule has 1 saturated carbocycles. The van der Waals surface area contributed by atoms with Gasteiger partial charge in [-0.3, -0.25) is 0 Å². The van der Waals surface area contributed by atoms with Gasteiger partial charge in [0.25, 0.3) is 0 Å². The van der Waals surface area contributed by atoms with Crippen molar-refractivity contribution in [2.24, 2.45) is 0 Å². The maximum Gasteiger partial charge on any atom is 0.192 e. The number of halogens is 1. The second-order valence-corrected chi connectivity index (χ2v) is 6.48. The molecule has 0 bridgehead atoms. The fourth-order valence-electron chi connectivity index (χ4n) is 1.82.